The molecule has 148 valence electrons. The first-order valence-corrected chi connectivity index (χ1v) is 10.7. The van der Waals surface area contributed by atoms with Crippen molar-refractivity contribution in [2.75, 3.05) is 47.8 Å². The Bertz CT molecular complexity index is 814. The molecule has 0 bridgehead atoms. The largest absolute Gasteiger partial charge is 0.368 e. The van der Waals surface area contributed by atoms with E-state index in [0.29, 0.717) is 0 Å². The molecule has 1 fully saturated rings. The number of piperazine rings is 1. The van der Waals surface area contributed by atoms with Crippen LogP contribution in [0.15, 0.2) is 48.2 Å². The van der Waals surface area contributed by atoms with E-state index in [4.69, 9.17) is 16.6 Å². The fraction of sp³-hybridized carbons (Fsp3) is 0.455. The van der Waals surface area contributed by atoms with E-state index in [0.717, 1.165) is 55.9 Å². The lowest BCUT2D eigenvalue weighted by molar-refractivity contribution is 0.647. The molecular formula is C22H28ClN5. The Morgan fingerprint density at radius 2 is 1.89 bits per heavy atom. The number of hydrogen-bond acceptors (Lipinski definition) is 5. The van der Waals surface area contributed by atoms with Crippen molar-refractivity contribution in [3.63, 3.8) is 0 Å². The molecule has 1 aliphatic carbocycles. The van der Waals surface area contributed by atoms with Crippen molar-refractivity contribution in [3.05, 3.63) is 53.2 Å². The number of anilines is 3. The number of hydrogen-bond donors (Lipinski definition) is 1. The maximum absolute atomic E-state index is 6.13. The van der Waals surface area contributed by atoms with Gasteiger partial charge in [-0.25, -0.2) is 4.98 Å². The van der Waals surface area contributed by atoms with E-state index in [-0.39, 0.29) is 0 Å². The topological polar surface area (TPSA) is 44.3 Å². The first-order chi connectivity index (χ1) is 13.8. The summed E-state index contributed by atoms with van der Waals surface area (Å²) < 4.78 is 0. The minimum atomic E-state index is 0.728. The van der Waals surface area contributed by atoms with Crippen LogP contribution in [-0.4, -0.2) is 42.7 Å². The second kappa shape index (κ2) is 9.28. The van der Waals surface area contributed by atoms with Crippen molar-refractivity contribution in [2.24, 2.45) is 0 Å². The van der Waals surface area contributed by atoms with Gasteiger partial charge in [0.2, 0.25) is 5.95 Å². The van der Waals surface area contributed by atoms with Crippen molar-refractivity contribution in [1.82, 2.24) is 9.97 Å². The molecule has 0 unspecified atom stereocenters. The Morgan fingerprint density at radius 3 is 2.68 bits per heavy atom. The third kappa shape index (κ3) is 4.96. The highest BCUT2D eigenvalue weighted by atomic mass is 35.5. The Kier molecular flexibility index (Phi) is 6.32. The van der Waals surface area contributed by atoms with E-state index in [9.17, 15) is 0 Å². The zero-order valence-corrected chi connectivity index (χ0v) is 17.0. The first kappa shape index (κ1) is 19.1. The summed E-state index contributed by atoms with van der Waals surface area (Å²) >= 11 is 6.13. The molecule has 1 aromatic carbocycles. The van der Waals surface area contributed by atoms with Crippen molar-refractivity contribution < 1.29 is 0 Å². The van der Waals surface area contributed by atoms with Gasteiger partial charge in [-0.2, -0.15) is 4.98 Å². The van der Waals surface area contributed by atoms with E-state index < -0.39 is 0 Å². The van der Waals surface area contributed by atoms with E-state index in [1.54, 1.807) is 5.57 Å². The monoisotopic (exact) mass is 397 g/mol. The standard InChI is InChI=1S/C22H28ClN5/c23-19-7-4-8-20(17-19)27-13-15-28(16-14-27)21-10-12-25-22(26-21)24-11-9-18-5-2-1-3-6-18/h4-5,7-8,10,12,17H,1-3,6,9,11,13-16H2,(H,24,25,26). The highest BCUT2D eigenvalue weighted by Crippen LogP contribution is 2.23. The maximum atomic E-state index is 6.13. The molecule has 1 saturated heterocycles. The normalized spacial score (nSPS) is 17.4. The molecule has 0 radical (unpaired) electrons. The third-order valence-electron chi connectivity index (χ3n) is 5.53. The van der Waals surface area contributed by atoms with Crippen molar-refractivity contribution in [3.8, 4) is 0 Å². The lowest BCUT2D eigenvalue weighted by atomic mass is 9.97. The van der Waals surface area contributed by atoms with Crippen molar-refractivity contribution in [1.29, 1.82) is 0 Å². The molecule has 6 heteroatoms. The van der Waals surface area contributed by atoms with Crippen LogP contribution in [0.3, 0.4) is 0 Å². The van der Waals surface area contributed by atoms with Gasteiger partial charge in [0, 0.05) is 49.6 Å². The second-order valence-corrected chi connectivity index (χ2v) is 7.91. The van der Waals surface area contributed by atoms with Crippen LogP contribution in [0.25, 0.3) is 0 Å². The van der Waals surface area contributed by atoms with Crippen LogP contribution in [0.2, 0.25) is 5.02 Å². The number of nitrogens with zero attached hydrogens (tertiary/aromatic N) is 4. The number of benzene rings is 1. The zero-order valence-electron chi connectivity index (χ0n) is 16.3. The van der Waals surface area contributed by atoms with Gasteiger partial charge >= 0.3 is 0 Å². The van der Waals surface area contributed by atoms with Crippen LogP contribution in [0, 0.1) is 0 Å². The smallest absolute Gasteiger partial charge is 0.224 e. The van der Waals surface area contributed by atoms with Crippen LogP contribution in [0.1, 0.15) is 32.1 Å². The van der Waals surface area contributed by atoms with Crippen LogP contribution < -0.4 is 15.1 Å². The minimum absolute atomic E-state index is 0.728. The average Bonchev–Trinajstić information content (AvgIpc) is 2.75. The summed E-state index contributed by atoms with van der Waals surface area (Å²) in [5, 5.41) is 4.18. The molecule has 5 nitrogen and oxygen atoms in total. The van der Waals surface area contributed by atoms with Crippen LogP contribution in [-0.2, 0) is 0 Å². The molecule has 1 aliphatic heterocycles. The summed E-state index contributed by atoms with van der Waals surface area (Å²) in [5.74, 6) is 1.73. The van der Waals surface area contributed by atoms with E-state index in [1.165, 1.54) is 31.4 Å². The number of aromatic nitrogens is 2. The van der Waals surface area contributed by atoms with Gasteiger partial charge in [-0.05, 0) is 56.4 Å². The highest BCUT2D eigenvalue weighted by Gasteiger charge is 2.19. The number of halogens is 1. The number of allylic oxidation sites excluding steroid dienone is 1. The number of rotatable bonds is 6. The number of nitrogens with one attached hydrogen (secondary N) is 1. The molecule has 0 spiro atoms. The molecule has 1 N–H and O–H groups in total. The fourth-order valence-electron chi connectivity index (χ4n) is 3.94. The molecule has 2 aromatic rings. The summed E-state index contributed by atoms with van der Waals surface area (Å²) in [5.41, 5.74) is 2.77. The molecule has 1 aromatic heterocycles. The molecule has 0 saturated carbocycles. The van der Waals surface area contributed by atoms with Gasteiger partial charge in [0.05, 0.1) is 0 Å². The van der Waals surface area contributed by atoms with Gasteiger partial charge in [-0.1, -0.05) is 29.3 Å². The summed E-state index contributed by atoms with van der Waals surface area (Å²) in [6.45, 7) is 4.70. The Balaban J connectivity index is 1.30. The van der Waals surface area contributed by atoms with E-state index in [1.807, 2.05) is 30.5 Å². The van der Waals surface area contributed by atoms with Gasteiger partial charge < -0.3 is 15.1 Å². The lowest BCUT2D eigenvalue weighted by Crippen LogP contribution is -2.46. The molecule has 28 heavy (non-hydrogen) atoms. The van der Waals surface area contributed by atoms with Crippen molar-refractivity contribution in [2.45, 2.75) is 32.1 Å². The average molecular weight is 398 g/mol. The second-order valence-electron chi connectivity index (χ2n) is 7.48. The zero-order chi connectivity index (χ0) is 19.2. The molecule has 0 amide bonds. The summed E-state index contributed by atoms with van der Waals surface area (Å²) in [6.07, 6.45) is 10.5. The van der Waals surface area contributed by atoms with Gasteiger partial charge in [-0.3, -0.25) is 0 Å². The van der Waals surface area contributed by atoms with Crippen LogP contribution in [0.5, 0.6) is 0 Å². The highest BCUT2D eigenvalue weighted by molar-refractivity contribution is 6.30. The summed E-state index contributed by atoms with van der Waals surface area (Å²) in [6, 6.07) is 10.1. The quantitative estimate of drug-likeness (QED) is 0.712. The fourth-order valence-corrected chi connectivity index (χ4v) is 4.13. The lowest BCUT2D eigenvalue weighted by Gasteiger charge is -2.36. The SMILES string of the molecule is Clc1cccc(N2CCN(c3ccnc(NCCC4=CCCCC4)n3)CC2)c1. The summed E-state index contributed by atoms with van der Waals surface area (Å²) in [7, 11) is 0. The molecule has 0 atom stereocenters. The first-order valence-electron chi connectivity index (χ1n) is 10.3. The third-order valence-corrected chi connectivity index (χ3v) is 5.77. The van der Waals surface area contributed by atoms with Gasteiger partial charge in [0.25, 0.3) is 0 Å². The minimum Gasteiger partial charge on any atom is -0.368 e. The maximum Gasteiger partial charge on any atom is 0.224 e. The molecular weight excluding hydrogens is 370 g/mol. The Hall–Kier alpha value is -2.27. The van der Waals surface area contributed by atoms with Gasteiger partial charge in [0.1, 0.15) is 5.82 Å². The summed E-state index contributed by atoms with van der Waals surface area (Å²) in [4.78, 5) is 13.8. The Morgan fingerprint density at radius 1 is 1.04 bits per heavy atom. The van der Waals surface area contributed by atoms with Gasteiger partial charge in [-0.15, -0.1) is 0 Å². The predicted octanol–water partition coefficient (Wildman–Crippen LogP) is 4.76. The van der Waals surface area contributed by atoms with Crippen LogP contribution >= 0.6 is 11.6 Å². The Labute approximate surface area is 172 Å². The predicted molar refractivity (Wildman–Crippen MR) is 118 cm³/mol. The van der Waals surface area contributed by atoms with Gasteiger partial charge in [0.15, 0.2) is 0 Å². The molecule has 4 rings (SSSR count). The molecule has 2 heterocycles. The molecule has 2 aliphatic rings. The van der Waals surface area contributed by atoms with E-state index >= 15 is 0 Å². The van der Waals surface area contributed by atoms with E-state index in [2.05, 4.69) is 32.2 Å². The van der Waals surface area contributed by atoms with Crippen LogP contribution in [0.4, 0.5) is 17.5 Å². The van der Waals surface area contributed by atoms with Crippen molar-refractivity contribution >= 4 is 29.1 Å².